The van der Waals surface area contributed by atoms with Crippen molar-refractivity contribution in [3.05, 3.63) is 58.9 Å². The molecule has 0 bridgehead atoms. The number of halogens is 1. The molecule has 0 aromatic heterocycles. The Balaban J connectivity index is 1.64. The van der Waals surface area contributed by atoms with Crippen LogP contribution in [0.3, 0.4) is 0 Å². The highest BCUT2D eigenvalue weighted by Gasteiger charge is 2.18. The second kappa shape index (κ2) is 7.35. The summed E-state index contributed by atoms with van der Waals surface area (Å²) in [5.41, 5.74) is 1.92. The third kappa shape index (κ3) is 3.72. The number of carbonyl (C=O) groups is 3. The van der Waals surface area contributed by atoms with E-state index in [1.54, 1.807) is 18.2 Å². The number of ether oxygens (including phenoxy) is 2. The van der Waals surface area contributed by atoms with Crippen LogP contribution in [0.1, 0.15) is 32.7 Å². The second-order valence-corrected chi connectivity index (χ2v) is 5.77. The van der Waals surface area contributed by atoms with Crippen molar-refractivity contribution in [2.24, 2.45) is 0 Å². The van der Waals surface area contributed by atoms with Gasteiger partial charge in [0.05, 0.1) is 12.7 Å². The van der Waals surface area contributed by atoms with Crippen LogP contribution in [-0.2, 0) is 16.0 Å². The minimum Gasteiger partial charge on any atom is -0.494 e. The lowest BCUT2D eigenvalue weighted by Crippen LogP contribution is -2.20. The summed E-state index contributed by atoms with van der Waals surface area (Å²) >= 11 is 0. The molecule has 1 heterocycles. The Morgan fingerprint density at radius 2 is 1.88 bits per heavy atom. The van der Waals surface area contributed by atoms with Gasteiger partial charge in [-0.15, -0.1) is 0 Å². The van der Waals surface area contributed by atoms with Crippen LogP contribution in [0.25, 0.3) is 0 Å². The Labute approximate surface area is 148 Å². The Kier molecular flexibility index (Phi) is 4.97. The van der Waals surface area contributed by atoms with Crippen LogP contribution in [0.5, 0.6) is 5.75 Å². The van der Waals surface area contributed by atoms with E-state index in [-0.39, 0.29) is 23.0 Å². The summed E-state index contributed by atoms with van der Waals surface area (Å²) in [7, 11) is 1.32. The van der Waals surface area contributed by atoms with Gasteiger partial charge < -0.3 is 14.8 Å². The number of ketones is 1. The molecule has 2 aromatic carbocycles. The Bertz CT molecular complexity index is 893. The summed E-state index contributed by atoms with van der Waals surface area (Å²) in [6.07, 6.45) is 0.913. The van der Waals surface area contributed by atoms with E-state index < -0.39 is 18.4 Å². The van der Waals surface area contributed by atoms with Crippen LogP contribution >= 0.6 is 0 Å². The van der Waals surface area contributed by atoms with Crippen molar-refractivity contribution >= 4 is 23.3 Å². The van der Waals surface area contributed by atoms with Gasteiger partial charge in [0, 0.05) is 17.7 Å². The minimum absolute atomic E-state index is 0.00995. The normalized spacial score (nSPS) is 12.8. The highest BCUT2D eigenvalue weighted by Crippen LogP contribution is 2.24. The summed E-state index contributed by atoms with van der Waals surface area (Å²) in [6, 6.07) is 8.56. The van der Waals surface area contributed by atoms with Crippen LogP contribution < -0.4 is 10.1 Å². The van der Waals surface area contributed by atoms with Crippen LogP contribution in [0.2, 0.25) is 0 Å². The number of carbonyl (C=O) groups excluding carboxylic acids is 3. The summed E-state index contributed by atoms with van der Waals surface area (Å²) < 4.78 is 23.4. The number of benzene rings is 2. The molecule has 7 heteroatoms. The number of methoxy groups -OCH3 is 1. The fourth-order valence-corrected chi connectivity index (χ4v) is 2.65. The van der Waals surface area contributed by atoms with Crippen LogP contribution in [0, 0.1) is 5.82 Å². The first kappa shape index (κ1) is 17.6. The third-order valence-corrected chi connectivity index (χ3v) is 4.04. The van der Waals surface area contributed by atoms with E-state index in [0.29, 0.717) is 24.1 Å². The first-order valence-corrected chi connectivity index (χ1v) is 7.94. The van der Waals surface area contributed by atoms with Gasteiger partial charge in [-0.3, -0.25) is 9.59 Å². The van der Waals surface area contributed by atoms with Crippen LogP contribution in [0.15, 0.2) is 36.4 Å². The highest BCUT2D eigenvalue weighted by molar-refractivity contribution is 6.01. The predicted octanol–water partition coefficient (Wildman–Crippen LogP) is 2.76. The van der Waals surface area contributed by atoms with E-state index >= 15 is 0 Å². The topological polar surface area (TPSA) is 81.7 Å². The molecule has 0 radical (unpaired) electrons. The molecular formula is C19H16FNO5. The molecule has 0 saturated carbocycles. The van der Waals surface area contributed by atoms with Crippen molar-refractivity contribution in [1.29, 1.82) is 0 Å². The quantitative estimate of drug-likeness (QED) is 0.657. The number of amides is 1. The van der Waals surface area contributed by atoms with Crippen molar-refractivity contribution in [2.75, 3.05) is 19.0 Å². The van der Waals surface area contributed by atoms with Gasteiger partial charge in [0.1, 0.15) is 0 Å². The van der Waals surface area contributed by atoms with E-state index in [2.05, 4.69) is 5.32 Å². The maximum absolute atomic E-state index is 13.6. The maximum Gasteiger partial charge on any atom is 0.338 e. The molecular weight excluding hydrogens is 341 g/mol. The fraction of sp³-hybridized carbons (Fsp3) is 0.211. The zero-order chi connectivity index (χ0) is 18.7. The monoisotopic (exact) mass is 357 g/mol. The molecule has 26 heavy (non-hydrogen) atoms. The number of rotatable bonds is 5. The molecule has 0 fully saturated rings. The standard InChI is InChI=1S/C19H16FNO5/c1-25-17-6-3-13(9-14(17)20)19(24)26-10-16(22)12-2-5-15-11(8-12)4-7-18(23)21-15/h2-3,5-6,8-9H,4,7,10H2,1H3,(H,21,23). The maximum atomic E-state index is 13.6. The van der Waals surface area contributed by atoms with Gasteiger partial charge in [-0.2, -0.15) is 0 Å². The van der Waals surface area contributed by atoms with Gasteiger partial charge in [0.2, 0.25) is 5.91 Å². The number of anilines is 1. The zero-order valence-corrected chi connectivity index (χ0v) is 14.0. The van der Waals surface area contributed by atoms with Gasteiger partial charge in [0.15, 0.2) is 24.0 Å². The third-order valence-electron chi connectivity index (χ3n) is 4.04. The van der Waals surface area contributed by atoms with E-state index in [4.69, 9.17) is 9.47 Å². The lowest BCUT2D eigenvalue weighted by atomic mass is 9.99. The smallest absolute Gasteiger partial charge is 0.338 e. The van der Waals surface area contributed by atoms with Crippen molar-refractivity contribution in [3.63, 3.8) is 0 Å². The predicted molar refractivity (Wildman–Crippen MR) is 91.0 cm³/mol. The average molecular weight is 357 g/mol. The molecule has 0 spiro atoms. The Morgan fingerprint density at radius 3 is 2.62 bits per heavy atom. The SMILES string of the molecule is COc1ccc(C(=O)OCC(=O)c2ccc3c(c2)CCC(=O)N3)cc1F. The van der Waals surface area contributed by atoms with E-state index in [9.17, 15) is 18.8 Å². The minimum atomic E-state index is -0.801. The molecule has 0 aliphatic carbocycles. The lowest BCUT2D eigenvalue weighted by Gasteiger charge is -2.17. The largest absolute Gasteiger partial charge is 0.494 e. The number of hydrogen-bond donors (Lipinski definition) is 1. The number of Topliss-reactive ketones (excluding diaryl/α,β-unsaturated/α-hetero) is 1. The van der Waals surface area contributed by atoms with Crippen LogP contribution in [-0.4, -0.2) is 31.4 Å². The van der Waals surface area contributed by atoms with Gasteiger partial charge in [-0.05, 0) is 48.4 Å². The molecule has 1 aliphatic rings. The molecule has 0 atom stereocenters. The first-order valence-electron chi connectivity index (χ1n) is 7.94. The highest BCUT2D eigenvalue weighted by atomic mass is 19.1. The fourth-order valence-electron chi connectivity index (χ4n) is 2.65. The first-order chi connectivity index (χ1) is 12.5. The van der Waals surface area contributed by atoms with Gasteiger partial charge >= 0.3 is 5.97 Å². The number of aryl methyl sites for hydroxylation is 1. The molecule has 6 nitrogen and oxygen atoms in total. The molecule has 1 aliphatic heterocycles. The van der Waals surface area contributed by atoms with Gasteiger partial charge in [0.25, 0.3) is 0 Å². The number of esters is 1. The summed E-state index contributed by atoms with van der Waals surface area (Å²) in [4.78, 5) is 35.6. The number of hydrogen-bond acceptors (Lipinski definition) is 5. The van der Waals surface area contributed by atoms with E-state index in [1.807, 2.05) is 0 Å². The number of nitrogens with one attached hydrogen (secondary N) is 1. The van der Waals surface area contributed by atoms with E-state index in [1.165, 1.54) is 19.2 Å². The molecule has 1 amide bonds. The molecule has 2 aromatic rings. The Morgan fingerprint density at radius 1 is 1.12 bits per heavy atom. The number of fused-ring (bicyclic) bond motifs is 1. The zero-order valence-electron chi connectivity index (χ0n) is 14.0. The van der Waals surface area contributed by atoms with Crippen molar-refractivity contribution in [2.45, 2.75) is 12.8 Å². The average Bonchev–Trinajstić information content (AvgIpc) is 2.65. The Hall–Kier alpha value is -3.22. The summed E-state index contributed by atoms with van der Waals surface area (Å²) in [5, 5.41) is 2.73. The van der Waals surface area contributed by atoms with Crippen molar-refractivity contribution in [1.82, 2.24) is 0 Å². The van der Waals surface area contributed by atoms with Crippen molar-refractivity contribution < 1.29 is 28.2 Å². The van der Waals surface area contributed by atoms with Gasteiger partial charge in [-0.25, -0.2) is 9.18 Å². The molecule has 0 saturated heterocycles. The van der Waals surface area contributed by atoms with Crippen LogP contribution in [0.4, 0.5) is 10.1 Å². The summed E-state index contributed by atoms with van der Waals surface area (Å²) in [5.74, 6) is -1.92. The molecule has 3 rings (SSSR count). The van der Waals surface area contributed by atoms with Crippen molar-refractivity contribution in [3.8, 4) is 5.75 Å². The second-order valence-electron chi connectivity index (χ2n) is 5.77. The molecule has 0 unspecified atom stereocenters. The molecule has 134 valence electrons. The van der Waals surface area contributed by atoms with E-state index in [0.717, 1.165) is 11.6 Å². The molecule has 1 N–H and O–H groups in total. The summed E-state index contributed by atoms with van der Waals surface area (Å²) in [6.45, 7) is -0.461. The van der Waals surface area contributed by atoms with Gasteiger partial charge in [-0.1, -0.05) is 0 Å². The lowest BCUT2D eigenvalue weighted by molar-refractivity contribution is -0.116.